The Bertz CT molecular complexity index is 620. The van der Waals surface area contributed by atoms with Gasteiger partial charge in [0.1, 0.15) is 0 Å². The Balaban J connectivity index is 1.64. The number of hydrogen-bond donors (Lipinski definition) is 2. The Morgan fingerprint density at radius 1 is 1.60 bits per heavy atom. The first-order chi connectivity index (χ1) is 9.70. The van der Waals surface area contributed by atoms with Gasteiger partial charge in [-0.25, -0.2) is 4.98 Å². The first kappa shape index (κ1) is 13.5. The summed E-state index contributed by atoms with van der Waals surface area (Å²) in [5, 5.41) is 7.24. The number of ether oxygens (including phenoxy) is 1. The monoisotopic (exact) mass is 291 g/mol. The number of nitrogens with one attached hydrogen (secondary N) is 2. The van der Waals surface area contributed by atoms with E-state index >= 15 is 0 Å². The van der Waals surface area contributed by atoms with Crippen molar-refractivity contribution in [1.82, 2.24) is 10.3 Å². The number of anilines is 1. The van der Waals surface area contributed by atoms with Crippen LogP contribution in [0.2, 0.25) is 0 Å². The molecule has 1 fully saturated rings. The summed E-state index contributed by atoms with van der Waals surface area (Å²) in [4.78, 5) is 16.4. The summed E-state index contributed by atoms with van der Waals surface area (Å²) in [6.07, 6.45) is 0.430. The van der Waals surface area contributed by atoms with Gasteiger partial charge in [-0.2, -0.15) is 0 Å². The molecular weight excluding hydrogens is 274 g/mol. The number of aromatic nitrogens is 1. The maximum Gasteiger partial charge on any atom is 0.226 e. The van der Waals surface area contributed by atoms with E-state index in [4.69, 9.17) is 4.74 Å². The third-order valence-corrected chi connectivity index (χ3v) is 4.14. The van der Waals surface area contributed by atoms with Gasteiger partial charge in [-0.05, 0) is 25.1 Å². The molecule has 1 amide bonds. The molecule has 0 saturated carbocycles. The van der Waals surface area contributed by atoms with E-state index in [2.05, 4.69) is 15.6 Å². The number of fused-ring (bicyclic) bond motifs is 1. The van der Waals surface area contributed by atoms with Gasteiger partial charge in [0.15, 0.2) is 0 Å². The molecule has 20 heavy (non-hydrogen) atoms. The van der Waals surface area contributed by atoms with E-state index in [1.807, 2.05) is 25.1 Å². The van der Waals surface area contributed by atoms with Gasteiger partial charge in [0, 0.05) is 24.7 Å². The minimum absolute atomic E-state index is 0.00795. The van der Waals surface area contributed by atoms with Crippen LogP contribution in [0.4, 0.5) is 5.69 Å². The van der Waals surface area contributed by atoms with Crippen LogP contribution in [0.15, 0.2) is 18.2 Å². The largest absolute Gasteiger partial charge is 0.378 e. The molecule has 106 valence electrons. The molecule has 2 N–H and O–H groups in total. The molecule has 2 heterocycles. The summed E-state index contributed by atoms with van der Waals surface area (Å²) in [6.45, 7) is 4.11. The van der Waals surface area contributed by atoms with Crippen molar-refractivity contribution in [3.63, 3.8) is 0 Å². The van der Waals surface area contributed by atoms with E-state index in [0.29, 0.717) is 13.0 Å². The second-order valence-corrected chi connectivity index (χ2v) is 6.13. The van der Waals surface area contributed by atoms with Crippen molar-refractivity contribution in [2.75, 3.05) is 25.1 Å². The number of carbonyl (C=O) groups is 1. The van der Waals surface area contributed by atoms with E-state index < -0.39 is 0 Å². The van der Waals surface area contributed by atoms with Crippen LogP contribution in [0, 0.1) is 6.92 Å². The third-order valence-electron chi connectivity index (χ3n) is 3.21. The molecule has 3 rings (SSSR count). The van der Waals surface area contributed by atoms with E-state index in [1.54, 1.807) is 11.3 Å². The molecule has 2 aromatic rings. The van der Waals surface area contributed by atoms with Crippen molar-refractivity contribution < 1.29 is 9.53 Å². The first-order valence-corrected chi connectivity index (χ1v) is 7.50. The molecule has 0 aliphatic carbocycles. The number of aryl methyl sites for hydroxylation is 1. The van der Waals surface area contributed by atoms with Crippen LogP contribution < -0.4 is 10.6 Å². The lowest BCUT2D eigenvalue weighted by Gasteiger charge is -2.23. The molecule has 1 aromatic carbocycles. The highest BCUT2D eigenvalue weighted by Crippen LogP contribution is 2.24. The zero-order chi connectivity index (χ0) is 13.9. The van der Waals surface area contributed by atoms with Crippen LogP contribution in [-0.4, -0.2) is 36.7 Å². The first-order valence-electron chi connectivity index (χ1n) is 6.69. The average molecular weight is 291 g/mol. The van der Waals surface area contributed by atoms with Crippen molar-refractivity contribution in [3.05, 3.63) is 23.2 Å². The number of amides is 1. The third kappa shape index (κ3) is 3.15. The van der Waals surface area contributed by atoms with Gasteiger partial charge in [0.2, 0.25) is 5.91 Å². The summed E-state index contributed by atoms with van der Waals surface area (Å²) >= 11 is 1.63. The van der Waals surface area contributed by atoms with Crippen LogP contribution in [0.25, 0.3) is 10.2 Å². The zero-order valence-corrected chi connectivity index (χ0v) is 12.1. The van der Waals surface area contributed by atoms with Crippen molar-refractivity contribution in [2.24, 2.45) is 0 Å². The lowest BCUT2D eigenvalue weighted by molar-refractivity contribution is -0.117. The molecule has 0 bridgehead atoms. The van der Waals surface area contributed by atoms with E-state index in [0.717, 1.165) is 34.1 Å². The number of nitrogens with zero attached hydrogens (tertiary/aromatic N) is 1. The lowest BCUT2D eigenvalue weighted by Crippen LogP contribution is -2.43. The molecule has 1 aliphatic rings. The highest BCUT2D eigenvalue weighted by molar-refractivity contribution is 7.18. The Morgan fingerprint density at radius 2 is 2.50 bits per heavy atom. The fraction of sp³-hybridized carbons (Fsp3) is 0.429. The summed E-state index contributed by atoms with van der Waals surface area (Å²) < 4.78 is 6.44. The fourth-order valence-electron chi connectivity index (χ4n) is 2.30. The molecule has 1 atom stereocenters. The quantitative estimate of drug-likeness (QED) is 0.907. The SMILES string of the molecule is Cc1nc2ccc(NC(=O)CC3COCCN3)cc2s1. The van der Waals surface area contributed by atoms with Gasteiger partial charge in [-0.1, -0.05) is 0 Å². The van der Waals surface area contributed by atoms with E-state index in [9.17, 15) is 4.79 Å². The number of thiazole rings is 1. The summed E-state index contributed by atoms with van der Waals surface area (Å²) in [5.41, 5.74) is 1.80. The Kier molecular flexibility index (Phi) is 3.95. The lowest BCUT2D eigenvalue weighted by atomic mass is 10.2. The summed E-state index contributed by atoms with van der Waals surface area (Å²) in [6, 6.07) is 5.92. The maximum atomic E-state index is 12.0. The van der Waals surface area contributed by atoms with Crippen LogP contribution >= 0.6 is 11.3 Å². The van der Waals surface area contributed by atoms with Crippen LogP contribution in [0.5, 0.6) is 0 Å². The predicted molar refractivity (Wildman–Crippen MR) is 80.2 cm³/mol. The highest BCUT2D eigenvalue weighted by atomic mass is 32.1. The molecule has 5 nitrogen and oxygen atoms in total. The molecule has 0 spiro atoms. The minimum Gasteiger partial charge on any atom is -0.378 e. The molecule has 1 saturated heterocycles. The minimum atomic E-state index is 0.00795. The Morgan fingerprint density at radius 3 is 3.30 bits per heavy atom. The number of benzene rings is 1. The average Bonchev–Trinajstić information content (AvgIpc) is 2.79. The number of hydrogen-bond acceptors (Lipinski definition) is 5. The van der Waals surface area contributed by atoms with Crippen LogP contribution in [0.1, 0.15) is 11.4 Å². The Labute approximate surface area is 121 Å². The number of morpholine rings is 1. The Hall–Kier alpha value is -1.50. The molecule has 0 radical (unpaired) electrons. The summed E-state index contributed by atoms with van der Waals surface area (Å²) in [5.74, 6) is 0.00795. The van der Waals surface area contributed by atoms with Gasteiger partial charge in [-0.15, -0.1) is 11.3 Å². The topological polar surface area (TPSA) is 63.2 Å². The smallest absolute Gasteiger partial charge is 0.226 e. The van der Waals surface area contributed by atoms with Gasteiger partial charge >= 0.3 is 0 Å². The normalized spacial score (nSPS) is 19.1. The van der Waals surface area contributed by atoms with Crippen molar-refractivity contribution in [2.45, 2.75) is 19.4 Å². The molecule has 1 unspecified atom stereocenters. The predicted octanol–water partition coefficient (Wildman–Crippen LogP) is 1.92. The fourth-order valence-corrected chi connectivity index (χ4v) is 3.17. The second kappa shape index (κ2) is 5.87. The molecule has 1 aromatic heterocycles. The zero-order valence-electron chi connectivity index (χ0n) is 11.3. The van der Waals surface area contributed by atoms with Gasteiger partial charge in [-0.3, -0.25) is 4.79 Å². The van der Waals surface area contributed by atoms with Crippen LogP contribution in [0.3, 0.4) is 0 Å². The molecular formula is C14H17N3O2S. The van der Waals surface area contributed by atoms with Crippen molar-refractivity contribution in [1.29, 1.82) is 0 Å². The standard InChI is InChI=1S/C14H17N3O2S/c1-9-16-12-3-2-10(6-13(12)20-9)17-14(18)7-11-8-19-5-4-15-11/h2-3,6,11,15H,4-5,7-8H2,1H3,(H,17,18). The second-order valence-electron chi connectivity index (χ2n) is 4.89. The van der Waals surface area contributed by atoms with E-state index in [-0.39, 0.29) is 11.9 Å². The van der Waals surface area contributed by atoms with Gasteiger partial charge < -0.3 is 15.4 Å². The van der Waals surface area contributed by atoms with Gasteiger partial charge in [0.05, 0.1) is 28.4 Å². The van der Waals surface area contributed by atoms with Crippen LogP contribution in [-0.2, 0) is 9.53 Å². The molecule has 6 heteroatoms. The van der Waals surface area contributed by atoms with E-state index in [1.165, 1.54) is 0 Å². The van der Waals surface area contributed by atoms with Gasteiger partial charge in [0.25, 0.3) is 0 Å². The number of carbonyl (C=O) groups excluding carboxylic acids is 1. The highest BCUT2D eigenvalue weighted by Gasteiger charge is 2.17. The van der Waals surface area contributed by atoms with Crippen molar-refractivity contribution in [3.8, 4) is 0 Å². The molecule has 1 aliphatic heterocycles. The van der Waals surface area contributed by atoms with Crippen molar-refractivity contribution >= 4 is 33.1 Å². The maximum absolute atomic E-state index is 12.0. The number of rotatable bonds is 3. The summed E-state index contributed by atoms with van der Waals surface area (Å²) in [7, 11) is 0.